The van der Waals surface area contributed by atoms with Gasteiger partial charge in [0.2, 0.25) is 0 Å². The molecule has 2 aromatic rings. The molecular formula is C14H19NO. The van der Waals surface area contributed by atoms with Gasteiger partial charge in [-0.05, 0) is 17.3 Å². The fourth-order valence-corrected chi connectivity index (χ4v) is 1.39. The smallest absolute Gasteiger partial charge is 0.0555 e. The zero-order valence-electron chi connectivity index (χ0n) is 9.69. The van der Waals surface area contributed by atoms with Gasteiger partial charge in [-0.2, -0.15) is 0 Å². The van der Waals surface area contributed by atoms with E-state index >= 15 is 0 Å². The first kappa shape index (κ1) is 12.7. The molecule has 0 atom stereocenters. The van der Waals surface area contributed by atoms with Crippen molar-refractivity contribution in [3.63, 3.8) is 0 Å². The Balaban J connectivity index is 0.000000187. The molecule has 0 saturated carbocycles. The second kappa shape index (κ2) is 7.85. The number of hydrogen-bond acceptors (Lipinski definition) is 2. The summed E-state index contributed by atoms with van der Waals surface area (Å²) in [5.41, 5.74) is 0. The number of likely N-dealkylation sites (N-methyl/N-ethyl adjacent to an activating group) is 1. The average Bonchev–Trinajstić information content (AvgIpc) is 2.37. The van der Waals surface area contributed by atoms with E-state index in [4.69, 9.17) is 5.11 Å². The number of rotatable bonds is 3. The molecule has 0 heterocycles. The monoisotopic (exact) mass is 217 g/mol. The molecule has 0 aliphatic carbocycles. The van der Waals surface area contributed by atoms with Gasteiger partial charge in [-0.1, -0.05) is 55.5 Å². The van der Waals surface area contributed by atoms with E-state index in [2.05, 4.69) is 53.8 Å². The SMILES string of the molecule is CCNCCO.c1ccc2ccccc2c1. The topological polar surface area (TPSA) is 32.3 Å². The second-order valence-corrected chi connectivity index (χ2v) is 3.42. The predicted octanol–water partition coefficient (Wildman–Crippen LogP) is 2.43. The summed E-state index contributed by atoms with van der Waals surface area (Å²) in [4.78, 5) is 0. The predicted molar refractivity (Wildman–Crippen MR) is 69.6 cm³/mol. The molecule has 2 rings (SSSR count). The highest BCUT2D eigenvalue weighted by Gasteiger charge is 1.85. The van der Waals surface area contributed by atoms with Crippen molar-refractivity contribution in [2.75, 3.05) is 19.7 Å². The first-order chi connectivity index (χ1) is 7.88. The summed E-state index contributed by atoms with van der Waals surface area (Å²) in [6, 6.07) is 16.7. The molecule has 2 N–H and O–H groups in total. The summed E-state index contributed by atoms with van der Waals surface area (Å²) in [5.74, 6) is 0. The zero-order chi connectivity index (χ0) is 11.6. The van der Waals surface area contributed by atoms with E-state index in [1.54, 1.807) is 0 Å². The van der Waals surface area contributed by atoms with Gasteiger partial charge in [0.25, 0.3) is 0 Å². The minimum absolute atomic E-state index is 0.244. The van der Waals surface area contributed by atoms with E-state index in [9.17, 15) is 0 Å². The molecule has 0 spiro atoms. The summed E-state index contributed by atoms with van der Waals surface area (Å²) in [5, 5.41) is 13.7. The first-order valence-corrected chi connectivity index (χ1v) is 5.64. The molecule has 2 heteroatoms. The third kappa shape index (κ3) is 4.43. The number of hydrogen-bond donors (Lipinski definition) is 2. The van der Waals surface area contributed by atoms with Crippen molar-refractivity contribution in [2.45, 2.75) is 6.92 Å². The van der Waals surface area contributed by atoms with Crippen LogP contribution in [0.2, 0.25) is 0 Å². The lowest BCUT2D eigenvalue weighted by atomic mass is 10.1. The van der Waals surface area contributed by atoms with Crippen LogP contribution in [0.4, 0.5) is 0 Å². The van der Waals surface area contributed by atoms with Crippen molar-refractivity contribution in [1.82, 2.24) is 5.32 Å². The van der Waals surface area contributed by atoms with Crippen LogP contribution in [0.5, 0.6) is 0 Å². The van der Waals surface area contributed by atoms with Crippen molar-refractivity contribution in [3.8, 4) is 0 Å². The van der Waals surface area contributed by atoms with E-state index < -0.39 is 0 Å². The van der Waals surface area contributed by atoms with Gasteiger partial charge < -0.3 is 10.4 Å². The summed E-state index contributed by atoms with van der Waals surface area (Å²) in [6.45, 7) is 3.92. The lowest BCUT2D eigenvalue weighted by Crippen LogP contribution is -2.16. The molecule has 0 aliphatic heterocycles. The lowest BCUT2D eigenvalue weighted by molar-refractivity contribution is 0.293. The van der Waals surface area contributed by atoms with E-state index in [1.165, 1.54) is 10.8 Å². The highest BCUT2D eigenvalue weighted by Crippen LogP contribution is 2.11. The van der Waals surface area contributed by atoms with Crippen LogP contribution in [0, 0.1) is 0 Å². The van der Waals surface area contributed by atoms with Crippen molar-refractivity contribution in [3.05, 3.63) is 48.5 Å². The molecule has 2 aromatic carbocycles. The van der Waals surface area contributed by atoms with Gasteiger partial charge in [0.05, 0.1) is 6.61 Å². The molecule has 2 nitrogen and oxygen atoms in total. The van der Waals surface area contributed by atoms with Crippen molar-refractivity contribution in [2.24, 2.45) is 0 Å². The fraction of sp³-hybridized carbons (Fsp3) is 0.286. The number of aliphatic hydroxyl groups is 1. The second-order valence-electron chi connectivity index (χ2n) is 3.42. The normalized spacial score (nSPS) is 9.62. The summed E-state index contributed by atoms with van der Waals surface area (Å²) in [6.07, 6.45) is 0. The van der Waals surface area contributed by atoms with E-state index in [0.717, 1.165) is 13.1 Å². The van der Waals surface area contributed by atoms with Crippen molar-refractivity contribution in [1.29, 1.82) is 0 Å². The Morgan fingerprint density at radius 1 is 0.938 bits per heavy atom. The first-order valence-electron chi connectivity index (χ1n) is 5.64. The summed E-state index contributed by atoms with van der Waals surface area (Å²) in [7, 11) is 0. The summed E-state index contributed by atoms with van der Waals surface area (Å²) >= 11 is 0. The maximum Gasteiger partial charge on any atom is 0.0555 e. The van der Waals surface area contributed by atoms with Gasteiger partial charge in [0.15, 0.2) is 0 Å². The average molecular weight is 217 g/mol. The number of fused-ring (bicyclic) bond motifs is 1. The summed E-state index contributed by atoms with van der Waals surface area (Å²) < 4.78 is 0. The van der Waals surface area contributed by atoms with Gasteiger partial charge in [0, 0.05) is 6.54 Å². The van der Waals surface area contributed by atoms with Gasteiger partial charge >= 0.3 is 0 Å². The Bertz CT molecular complexity index is 331. The molecule has 0 aliphatic rings. The third-order valence-electron chi connectivity index (χ3n) is 2.20. The molecule has 0 aromatic heterocycles. The molecule has 0 fully saturated rings. The van der Waals surface area contributed by atoms with Crippen LogP contribution in [0.1, 0.15) is 6.92 Å². The van der Waals surface area contributed by atoms with Crippen LogP contribution in [0.15, 0.2) is 48.5 Å². The highest BCUT2D eigenvalue weighted by molar-refractivity contribution is 5.81. The Kier molecular flexibility index (Phi) is 6.23. The molecule has 16 heavy (non-hydrogen) atoms. The maximum atomic E-state index is 8.13. The van der Waals surface area contributed by atoms with Gasteiger partial charge in [0.1, 0.15) is 0 Å². The third-order valence-corrected chi connectivity index (χ3v) is 2.20. The van der Waals surface area contributed by atoms with Gasteiger partial charge in [-0.15, -0.1) is 0 Å². The van der Waals surface area contributed by atoms with Crippen LogP contribution in [-0.4, -0.2) is 24.8 Å². The molecule has 0 radical (unpaired) electrons. The van der Waals surface area contributed by atoms with Gasteiger partial charge in [-0.25, -0.2) is 0 Å². The van der Waals surface area contributed by atoms with Crippen LogP contribution in [-0.2, 0) is 0 Å². The molecule has 86 valence electrons. The Hall–Kier alpha value is -1.38. The Morgan fingerprint density at radius 2 is 1.38 bits per heavy atom. The Labute approximate surface area is 96.9 Å². The van der Waals surface area contributed by atoms with Crippen LogP contribution in [0.3, 0.4) is 0 Å². The van der Waals surface area contributed by atoms with E-state index in [1.807, 2.05) is 6.92 Å². The highest BCUT2D eigenvalue weighted by atomic mass is 16.3. The van der Waals surface area contributed by atoms with E-state index in [0.29, 0.717) is 0 Å². The van der Waals surface area contributed by atoms with Crippen molar-refractivity contribution < 1.29 is 5.11 Å². The van der Waals surface area contributed by atoms with Crippen LogP contribution in [0.25, 0.3) is 10.8 Å². The lowest BCUT2D eigenvalue weighted by Gasteiger charge is -1.92. The van der Waals surface area contributed by atoms with Crippen molar-refractivity contribution >= 4 is 10.8 Å². The number of aliphatic hydroxyl groups excluding tert-OH is 1. The molecule has 0 unspecified atom stereocenters. The maximum absolute atomic E-state index is 8.13. The molecule has 0 amide bonds. The minimum Gasteiger partial charge on any atom is -0.395 e. The van der Waals surface area contributed by atoms with Gasteiger partial charge in [-0.3, -0.25) is 0 Å². The molecule has 0 bridgehead atoms. The fourth-order valence-electron chi connectivity index (χ4n) is 1.39. The molecular weight excluding hydrogens is 198 g/mol. The zero-order valence-corrected chi connectivity index (χ0v) is 9.69. The standard InChI is InChI=1S/C10H8.C4H11NO/c1-2-6-10-8-4-3-7-9(10)5-1;1-2-5-3-4-6/h1-8H;5-6H,2-4H2,1H3. The minimum atomic E-state index is 0.244. The number of nitrogens with one attached hydrogen (secondary N) is 1. The largest absolute Gasteiger partial charge is 0.395 e. The number of benzene rings is 2. The van der Waals surface area contributed by atoms with E-state index in [-0.39, 0.29) is 6.61 Å². The van der Waals surface area contributed by atoms with Crippen LogP contribution < -0.4 is 5.32 Å². The van der Waals surface area contributed by atoms with Crippen LogP contribution >= 0.6 is 0 Å². The Morgan fingerprint density at radius 3 is 1.62 bits per heavy atom. The molecule has 0 saturated heterocycles. The quantitative estimate of drug-likeness (QED) is 0.774.